The van der Waals surface area contributed by atoms with E-state index in [-0.39, 0.29) is 6.04 Å². The zero-order chi connectivity index (χ0) is 16.3. The molecule has 0 fully saturated rings. The third-order valence-corrected chi connectivity index (χ3v) is 2.96. The molecule has 0 bridgehead atoms. The maximum Gasteiger partial charge on any atom is 0.408 e. The van der Waals surface area contributed by atoms with E-state index in [1.807, 2.05) is 52.0 Å². The monoisotopic (exact) mass is 297 g/mol. The highest BCUT2D eigenvalue weighted by Gasteiger charge is 2.19. The van der Waals surface area contributed by atoms with Crippen molar-refractivity contribution in [3.8, 4) is 11.3 Å². The number of imidazole rings is 1. The third-order valence-electron chi connectivity index (χ3n) is 2.96. The SMILES string of the molecule is [B]c1ccc(-c2cnc([C@H](C)NC(=O)OC(C)(C)C)[nH]2)cc1. The number of hydrogen-bond donors (Lipinski definition) is 2. The first-order valence-electron chi connectivity index (χ1n) is 7.15. The Labute approximate surface area is 131 Å². The van der Waals surface area contributed by atoms with Gasteiger partial charge in [-0.15, -0.1) is 0 Å². The second-order valence-electron chi connectivity index (χ2n) is 6.17. The highest BCUT2D eigenvalue weighted by Crippen LogP contribution is 2.18. The number of carbonyl (C=O) groups excluding carboxylic acids is 1. The van der Waals surface area contributed by atoms with Crippen LogP contribution >= 0.6 is 0 Å². The molecule has 2 radical (unpaired) electrons. The second-order valence-corrected chi connectivity index (χ2v) is 6.17. The van der Waals surface area contributed by atoms with Crippen molar-refractivity contribution in [3.63, 3.8) is 0 Å². The molecule has 0 saturated carbocycles. The summed E-state index contributed by atoms with van der Waals surface area (Å²) in [6.45, 7) is 7.31. The number of ether oxygens (including phenoxy) is 1. The van der Waals surface area contributed by atoms with Gasteiger partial charge in [0.25, 0.3) is 0 Å². The second kappa shape index (κ2) is 6.26. The van der Waals surface area contributed by atoms with Crippen molar-refractivity contribution in [2.45, 2.75) is 39.3 Å². The van der Waals surface area contributed by atoms with Crippen LogP contribution in [-0.4, -0.2) is 29.5 Å². The molecule has 0 aliphatic carbocycles. The average Bonchev–Trinajstić information content (AvgIpc) is 2.86. The molecule has 0 saturated heterocycles. The summed E-state index contributed by atoms with van der Waals surface area (Å²) in [5, 5.41) is 2.75. The molecular weight excluding hydrogens is 277 g/mol. The van der Waals surface area contributed by atoms with Gasteiger partial charge in [0.1, 0.15) is 19.3 Å². The Hall–Kier alpha value is -2.24. The van der Waals surface area contributed by atoms with Crippen molar-refractivity contribution in [3.05, 3.63) is 36.3 Å². The molecule has 2 aromatic rings. The van der Waals surface area contributed by atoms with E-state index < -0.39 is 11.7 Å². The molecule has 1 amide bonds. The summed E-state index contributed by atoms with van der Waals surface area (Å²) in [6, 6.07) is 7.21. The molecule has 114 valence electrons. The normalized spacial score (nSPS) is 12.7. The molecule has 1 aromatic carbocycles. The van der Waals surface area contributed by atoms with Gasteiger partial charge in [-0.25, -0.2) is 9.78 Å². The molecule has 0 aliphatic rings. The summed E-state index contributed by atoms with van der Waals surface area (Å²) in [5.74, 6) is 0.665. The van der Waals surface area contributed by atoms with Crippen LogP contribution in [0.25, 0.3) is 11.3 Å². The van der Waals surface area contributed by atoms with Gasteiger partial charge in [-0.05, 0) is 33.3 Å². The highest BCUT2D eigenvalue weighted by molar-refractivity contribution is 6.32. The molecule has 22 heavy (non-hydrogen) atoms. The zero-order valence-corrected chi connectivity index (χ0v) is 13.3. The predicted molar refractivity (Wildman–Crippen MR) is 87.2 cm³/mol. The van der Waals surface area contributed by atoms with Crippen LogP contribution in [0.3, 0.4) is 0 Å². The first-order chi connectivity index (χ1) is 10.2. The lowest BCUT2D eigenvalue weighted by Gasteiger charge is -2.21. The minimum absolute atomic E-state index is 0.280. The average molecular weight is 297 g/mol. The Morgan fingerprint density at radius 1 is 1.32 bits per heavy atom. The van der Waals surface area contributed by atoms with E-state index in [1.54, 1.807) is 6.20 Å². The fourth-order valence-corrected chi connectivity index (χ4v) is 1.92. The van der Waals surface area contributed by atoms with E-state index in [2.05, 4.69) is 15.3 Å². The summed E-state index contributed by atoms with van der Waals surface area (Å²) in [6.07, 6.45) is 1.26. The number of hydrogen-bond acceptors (Lipinski definition) is 3. The molecule has 1 heterocycles. The fourth-order valence-electron chi connectivity index (χ4n) is 1.92. The van der Waals surface area contributed by atoms with Gasteiger partial charge in [-0.1, -0.05) is 29.7 Å². The number of alkyl carbamates (subject to hydrolysis) is 1. The molecule has 0 aliphatic heterocycles. The van der Waals surface area contributed by atoms with Gasteiger partial charge in [0.2, 0.25) is 0 Å². The number of nitrogens with zero attached hydrogens (tertiary/aromatic N) is 1. The maximum absolute atomic E-state index is 11.8. The fraction of sp³-hybridized carbons (Fsp3) is 0.375. The Morgan fingerprint density at radius 3 is 2.55 bits per heavy atom. The minimum atomic E-state index is -0.526. The number of nitrogens with one attached hydrogen (secondary N) is 2. The summed E-state index contributed by atoms with van der Waals surface area (Å²) >= 11 is 0. The summed E-state index contributed by atoms with van der Waals surface area (Å²) in [5.41, 5.74) is 2.04. The summed E-state index contributed by atoms with van der Waals surface area (Å²) in [4.78, 5) is 19.3. The number of H-pyrrole nitrogens is 1. The third kappa shape index (κ3) is 4.38. The van der Waals surface area contributed by atoms with Gasteiger partial charge in [0.15, 0.2) is 0 Å². The Morgan fingerprint density at radius 2 is 1.95 bits per heavy atom. The first kappa shape index (κ1) is 16.1. The number of rotatable bonds is 3. The molecule has 1 atom stereocenters. The van der Waals surface area contributed by atoms with E-state index >= 15 is 0 Å². The molecule has 0 spiro atoms. The molecule has 5 nitrogen and oxygen atoms in total. The van der Waals surface area contributed by atoms with Gasteiger partial charge in [-0.3, -0.25) is 0 Å². The Kier molecular flexibility index (Phi) is 4.59. The van der Waals surface area contributed by atoms with Gasteiger partial charge in [-0.2, -0.15) is 0 Å². The van der Waals surface area contributed by atoms with Crippen LogP contribution in [0.2, 0.25) is 0 Å². The lowest BCUT2D eigenvalue weighted by Crippen LogP contribution is -2.34. The van der Waals surface area contributed by atoms with E-state index in [1.165, 1.54) is 0 Å². The van der Waals surface area contributed by atoms with E-state index in [0.29, 0.717) is 11.3 Å². The maximum atomic E-state index is 11.8. The highest BCUT2D eigenvalue weighted by atomic mass is 16.6. The number of aromatic nitrogens is 2. The van der Waals surface area contributed by atoms with Crippen LogP contribution in [0, 0.1) is 0 Å². The van der Waals surface area contributed by atoms with E-state index in [0.717, 1.165) is 11.3 Å². The van der Waals surface area contributed by atoms with Crippen LogP contribution in [0.5, 0.6) is 0 Å². The van der Waals surface area contributed by atoms with Gasteiger partial charge < -0.3 is 15.0 Å². The van der Waals surface area contributed by atoms with Crippen LogP contribution < -0.4 is 10.8 Å². The van der Waals surface area contributed by atoms with Crippen LogP contribution in [-0.2, 0) is 4.74 Å². The smallest absolute Gasteiger partial charge is 0.408 e. The molecule has 0 unspecified atom stereocenters. The lowest BCUT2D eigenvalue weighted by atomic mass is 9.95. The number of amides is 1. The topological polar surface area (TPSA) is 67.0 Å². The Bertz CT molecular complexity index is 644. The summed E-state index contributed by atoms with van der Waals surface area (Å²) in [7, 11) is 5.68. The number of carbonyl (C=O) groups is 1. The zero-order valence-electron chi connectivity index (χ0n) is 13.3. The molecule has 2 N–H and O–H groups in total. The molecule has 1 aromatic heterocycles. The largest absolute Gasteiger partial charge is 0.444 e. The van der Waals surface area contributed by atoms with Crippen LogP contribution in [0.4, 0.5) is 4.79 Å². The van der Waals surface area contributed by atoms with Crippen molar-refractivity contribution < 1.29 is 9.53 Å². The molecule has 2 rings (SSSR count). The van der Waals surface area contributed by atoms with Gasteiger partial charge in [0.05, 0.1) is 17.9 Å². The van der Waals surface area contributed by atoms with Crippen LogP contribution in [0.1, 0.15) is 39.6 Å². The molecular formula is C16H20BN3O2. The number of benzene rings is 1. The first-order valence-corrected chi connectivity index (χ1v) is 7.15. The lowest BCUT2D eigenvalue weighted by molar-refractivity contribution is 0.0506. The van der Waals surface area contributed by atoms with E-state index in [9.17, 15) is 4.79 Å². The van der Waals surface area contributed by atoms with Crippen molar-refractivity contribution in [2.75, 3.05) is 0 Å². The van der Waals surface area contributed by atoms with Crippen molar-refractivity contribution >= 4 is 19.4 Å². The standard InChI is InChI=1S/C16H20BN3O2/c1-10(19-15(21)22-16(2,3)4)14-18-9-13(20-14)11-5-7-12(17)8-6-11/h5-10H,1-4H3,(H,18,20)(H,19,21)/t10-/m0/s1. The number of aromatic amines is 1. The minimum Gasteiger partial charge on any atom is -0.444 e. The predicted octanol–water partition coefficient (Wildman–Crippen LogP) is 2.46. The Balaban J connectivity index is 2.04. The van der Waals surface area contributed by atoms with E-state index in [4.69, 9.17) is 12.6 Å². The quantitative estimate of drug-likeness (QED) is 0.855. The van der Waals surface area contributed by atoms with Gasteiger partial charge in [0, 0.05) is 0 Å². The molecule has 6 heteroatoms. The van der Waals surface area contributed by atoms with Gasteiger partial charge >= 0.3 is 6.09 Å². The van der Waals surface area contributed by atoms with Crippen molar-refractivity contribution in [1.82, 2.24) is 15.3 Å². The van der Waals surface area contributed by atoms with Crippen LogP contribution in [0.15, 0.2) is 30.5 Å². The van der Waals surface area contributed by atoms with Crippen molar-refractivity contribution in [1.29, 1.82) is 0 Å². The van der Waals surface area contributed by atoms with Crippen molar-refractivity contribution in [2.24, 2.45) is 0 Å². The summed E-state index contributed by atoms with van der Waals surface area (Å²) < 4.78 is 5.23.